The van der Waals surface area contributed by atoms with E-state index in [9.17, 15) is 4.79 Å². The standard InChI is InChI=1S/C9H19NO4/c1-3-5-14-9(12)10-7-8(2)13-6-4-11/h8,11H,3-7H2,1-2H3,(H,10,12). The van der Waals surface area contributed by atoms with Gasteiger partial charge in [-0.3, -0.25) is 0 Å². The Balaban J connectivity index is 3.36. The molecule has 2 N–H and O–H groups in total. The van der Waals surface area contributed by atoms with Gasteiger partial charge in [-0.25, -0.2) is 4.79 Å². The number of nitrogens with one attached hydrogen (secondary N) is 1. The van der Waals surface area contributed by atoms with Crippen molar-refractivity contribution < 1.29 is 19.4 Å². The number of aliphatic hydroxyl groups is 1. The van der Waals surface area contributed by atoms with E-state index in [1.54, 1.807) is 0 Å². The monoisotopic (exact) mass is 205 g/mol. The predicted molar refractivity (Wildman–Crippen MR) is 52.1 cm³/mol. The second-order valence-corrected chi connectivity index (χ2v) is 2.92. The maximum atomic E-state index is 10.9. The molecule has 1 amide bonds. The summed E-state index contributed by atoms with van der Waals surface area (Å²) in [6.07, 6.45) is 0.270. The minimum Gasteiger partial charge on any atom is -0.450 e. The first-order valence-electron chi connectivity index (χ1n) is 4.83. The van der Waals surface area contributed by atoms with Gasteiger partial charge in [0.05, 0.1) is 25.9 Å². The van der Waals surface area contributed by atoms with Crippen LogP contribution in [0.1, 0.15) is 20.3 Å². The van der Waals surface area contributed by atoms with Gasteiger partial charge in [-0.15, -0.1) is 0 Å². The topological polar surface area (TPSA) is 67.8 Å². The fourth-order valence-corrected chi connectivity index (χ4v) is 0.786. The molecule has 1 atom stereocenters. The maximum Gasteiger partial charge on any atom is 0.407 e. The van der Waals surface area contributed by atoms with Gasteiger partial charge in [0.2, 0.25) is 0 Å². The second kappa shape index (κ2) is 8.77. The average Bonchev–Trinajstić information content (AvgIpc) is 2.20. The Bertz CT molecular complexity index is 152. The number of carbonyl (C=O) groups excluding carboxylic acids is 1. The van der Waals surface area contributed by atoms with E-state index in [4.69, 9.17) is 14.6 Å². The molecule has 5 nitrogen and oxygen atoms in total. The molecule has 0 saturated carbocycles. The van der Waals surface area contributed by atoms with Crippen molar-refractivity contribution in [3.8, 4) is 0 Å². The zero-order chi connectivity index (χ0) is 10.8. The van der Waals surface area contributed by atoms with Gasteiger partial charge in [0.25, 0.3) is 0 Å². The molecule has 0 spiro atoms. The first kappa shape index (κ1) is 13.2. The number of alkyl carbamates (subject to hydrolysis) is 1. The highest BCUT2D eigenvalue weighted by atomic mass is 16.5. The minimum absolute atomic E-state index is 0.00930. The molecule has 84 valence electrons. The Hall–Kier alpha value is -0.810. The summed E-state index contributed by atoms with van der Waals surface area (Å²) in [7, 11) is 0. The molecule has 14 heavy (non-hydrogen) atoms. The molecule has 5 heteroatoms. The number of hydrogen-bond donors (Lipinski definition) is 2. The number of amides is 1. The van der Waals surface area contributed by atoms with E-state index in [1.165, 1.54) is 0 Å². The number of carbonyl (C=O) groups is 1. The van der Waals surface area contributed by atoms with Crippen molar-refractivity contribution in [2.24, 2.45) is 0 Å². The second-order valence-electron chi connectivity index (χ2n) is 2.92. The molecule has 0 rings (SSSR count). The summed E-state index contributed by atoms with van der Waals surface area (Å²) < 4.78 is 9.92. The Kier molecular flexibility index (Phi) is 8.27. The highest BCUT2D eigenvalue weighted by molar-refractivity contribution is 5.67. The predicted octanol–water partition coefficient (Wildman–Crippen LogP) is 0.520. The quantitative estimate of drug-likeness (QED) is 0.636. The van der Waals surface area contributed by atoms with Gasteiger partial charge in [0.15, 0.2) is 0 Å². The zero-order valence-corrected chi connectivity index (χ0v) is 8.78. The molecule has 0 heterocycles. The van der Waals surface area contributed by atoms with Gasteiger partial charge >= 0.3 is 6.09 Å². The van der Waals surface area contributed by atoms with Crippen LogP contribution in [0.15, 0.2) is 0 Å². The molecule has 1 unspecified atom stereocenters. The number of ether oxygens (including phenoxy) is 2. The lowest BCUT2D eigenvalue weighted by molar-refractivity contribution is 0.0385. The lowest BCUT2D eigenvalue weighted by atomic mass is 10.4. The third-order valence-electron chi connectivity index (χ3n) is 1.46. The fourth-order valence-electron chi connectivity index (χ4n) is 0.786. The highest BCUT2D eigenvalue weighted by Gasteiger charge is 2.05. The van der Waals surface area contributed by atoms with Crippen LogP contribution >= 0.6 is 0 Å². The van der Waals surface area contributed by atoms with Crippen molar-refractivity contribution in [1.82, 2.24) is 5.32 Å². The molecule has 0 radical (unpaired) electrons. The molecular weight excluding hydrogens is 186 g/mol. The first-order chi connectivity index (χ1) is 6.70. The van der Waals surface area contributed by atoms with E-state index in [1.807, 2.05) is 13.8 Å². The van der Waals surface area contributed by atoms with Crippen molar-refractivity contribution in [2.75, 3.05) is 26.4 Å². The van der Waals surface area contributed by atoms with Crippen LogP contribution in [-0.4, -0.2) is 43.7 Å². The van der Waals surface area contributed by atoms with Crippen LogP contribution in [0.2, 0.25) is 0 Å². The van der Waals surface area contributed by atoms with Gasteiger partial charge in [0, 0.05) is 6.54 Å². The largest absolute Gasteiger partial charge is 0.450 e. The third kappa shape index (κ3) is 7.82. The molecule has 0 aliphatic heterocycles. The van der Waals surface area contributed by atoms with Crippen molar-refractivity contribution in [3.63, 3.8) is 0 Å². The Morgan fingerprint density at radius 3 is 2.79 bits per heavy atom. The summed E-state index contributed by atoms with van der Waals surface area (Å²) in [4.78, 5) is 10.9. The lowest BCUT2D eigenvalue weighted by Gasteiger charge is -2.12. The lowest BCUT2D eigenvalue weighted by Crippen LogP contribution is -2.33. The van der Waals surface area contributed by atoms with Crippen LogP contribution in [0.3, 0.4) is 0 Å². The molecule has 0 aliphatic carbocycles. The van der Waals surface area contributed by atoms with E-state index >= 15 is 0 Å². The summed E-state index contributed by atoms with van der Waals surface area (Å²) >= 11 is 0. The summed E-state index contributed by atoms with van der Waals surface area (Å²) in [5, 5.41) is 11.0. The Morgan fingerprint density at radius 1 is 1.50 bits per heavy atom. The molecule has 0 aromatic heterocycles. The summed E-state index contributed by atoms with van der Waals surface area (Å²) in [5.74, 6) is 0. The molecule has 0 aromatic carbocycles. The molecule has 0 saturated heterocycles. The van der Waals surface area contributed by atoms with Crippen LogP contribution in [0.4, 0.5) is 4.79 Å². The van der Waals surface area contributed by atoms with Gasteiger partial charge in [0.1, 0.15) is 0 Å². The normalized spacial score (nSPS) is 12.2. The molecule has 0 bridgehead atoms. The smallest absolute Gasteiger partial charge is 0.407 e. The average molecular weight is 205 g/mol. The van der Waals surface area contributed by atoms with Crippen LogP contribution in [0.25, 0.3) is 0 Å². The van der Waals surface area contributed by atoms with Crippen LogP contribution in [-0.2, 0) is 9.47 Å². The molecule has 0 aliphatic rings. The van der Waals surface area contributed by atoms with Crippen molar-refractivity contribution in [3.05, 3.63) is 0 Å². The van der Waals surface area contributed by atoms with Crippen LogP contribution in [0.5, 0.6) is 0 Å². The van der Waals surface area contributed by atoms with Crippen molar-refractivity contribution in [1.29, 1.82) is 0 Å². The molecule has 0 aromatic rings. The molecule has 0 fully saturated rings. The van der Waals surface area contributed by atoms with Gasteiger partial charge in [-0.05, 0) is 13.3 Å². The van der Waals surface area contributed by atoms with Gasteiger partial charge < -0.3 is 19.9 Å². The fraction of sp³-hybridized carbons (Fsp3) is 0.889. The third-order valence-corrected chi connectivity index (χ3v) is 1.46. The highest BCUT2D eigenvalue weighted by Crippen LogP contribution is 1.89. The van der Waals surface area contributed by atoms with E-state index in [2.05, 4.69) is 5.32 Å². The molecular formula is C9H19NO4. The Labute approximate surface area is 84.4 Å². The van der Waals surface area contributed by atoms with E-state index in [0.29, 0.717) is 13.2 Å². The zero-order valence-electron chi connectivity index (χ0n) is 8.78. The maximum absolute atomic E-state index is 10.9. The minimum atomic E-state index is -0.425. The summed E-state index contributed by atoms with van der Waals surface area (Å²) in [6, 6.07) is 0. The van der Waals surface area contributed by atoms with Gasteiger partial charge in [-0.2, -0.15) is 0 Å². The van der Waals surface area contributed by atoms with E-state index in [-0.39, 0.29) is 19.3 Å². The van der Waals surface area contributed by atoms with Crippen molar-refractivity contribution in [2.45, 2.75) is 26.4 Å². The Morgan fingerprint density at radius 2 is 2.21 bits per heavy atom. The van der Waals surface area contributed by atoms with Crippen molar-refractivity contribution >= 4 is 6.09 Å². The van der Waals surface area contributed by atoms with Crippen LogP contribution < -0.4 is 5.32 Å². The SMILES string of the molecule is CCCOC(=O)NCC(C)OCCO. The summed E-state index contributed by atoms with van der Waals surface area (Å²) in [6.45, 7) is 4.84. The van der Waals surface area contributed by atoms with E-state index in [0.717, 1.165) is 6.42 Å². The number of aliphatic hydroxyl groups excluding tert-OH is 1. The number of rotatable bonds is 7. The van der Waals surface area contributed by atoms with Crippen LogP contribution in [0, 0.1) is 0 Å². The van der Waals surface area contributed by atoms with Gasteiger partial charge in [-0.1, -0.05) is 6.92 Å². The first-order valence-corrected chi connectivity index (χ1v) is 4.83. The number of hydrogen-bond acceptors (Lipinski definition) is 4. The van der Waals surface area contributed by atoms with E-state index < -0.39 is 6.09 Å². The summed E-state index contributed by atoms with van der Waals surface area (Å²) in [5.41, 5.74) is 0.